The Labute approximate surface area is 111 Å². The van der Waals surface area contributed by atoms with Crippen LogP contribution in [0.4, 0.5) is 0 Å². The molecule has 9 heteroatoms. The van der Waals surface area contributed by atoms with Crippen molar-refractivity contribution in [1.29, 1.82) is 0 Å². The Morgan fingerprint density at radius 2 is 2.00 bits per heavy atom. The summed E-state index contributed by atoms with van der Waals surface area (Å²) in [6, 6.07) is 0. The largest absolute Gasteiger partial charge is 0.466 e. The van der Waals surface area contributed by atoms with Gasteiger partial charge in [-0.25, -0.2) is 9.68 Å². The molecule has 0 aliphatic heterocycles. The number of carbonyl (C=O) groups is 2. The minimum absolute atomic E-state index is 0.0845. The van der Waals surface area contributed by atoms with E-state index in [1.165, 1.54) is 6.08 Å². The number of carbonyl (C=O) groups excluding carboxylic acids is 2. The molecule has 0 radical (unpaired) electrons. The smallest absolute Gasteiger partial charge is 0.376 e. The number of hydrogen-bond donors (Lipinski definition) is 1. The monoisotopic (exact) mass is 296 g/mol. The number of esters is 1. The maximum atomic E-state index is 11.3. The van der Waals surface area contributed by atoms with Crippen LogP contribution < -0.4 is 0 Å². The van der Waals surface area contributed by atoms with Gasteiger partial charge >= 0.3 is 11.9 Å². The van der Waals surface area contributed by atoms with Gasteiger partial charge in [-0.15, -0.1) is 0 Å². The van der Waals surface area contributed by atoms with Gasteiger partial charge in [-0.3, -0.25) is 14.2 Å². The minimum Gasteiger partial charge on any atom is -0.466 e. The normalized spacial score (nSPS) is 13.0. The number of ether oxygens (including phenoxy) is 1. The molecule has 0 aromatic rings. The van der Waals surface area contributed by atoms with Crippen LogP contribution in [0.15, 0.2) is 12.3 Å². The predicted molar refractivity (Wildman–Crippen MR) is 63.2 cm³/mol. The molecule has 19 heavy (non-hydrogen) atoms. The molecule has 0 aliphatic rings. The molecule has 0 rings (SSSR count). The van der Waals surface area contributed by atoms with E-state index in [2.05, 4.69) is 14.5 Å². The highest BCUT2D eigenvalue weighted by molar-refractivity contribution is 7.87. The molecule has 0 fully saturated rings. The summed E-state index contributed by atoms with van der Waals surface area (Å²) in [5.41, 5.74) is 0. The van der Waals surface area contributed by atoms with Gasteiger partial charge in [-0.2, -0.15) is 8.42 Å². The molecule has 0 aliphatic carbocycles. The lowest BCUT2D eigenvalue weighted by atomic mass is 10.3. The lowest BCUT2D eigenvalue weighted by Crippen LogP contribution is -2.34. The summed E-state index contributed by atoms with van der Waals surface area (Å²) >= 11 is 0. The number of allylic oxidation sites excluding steroid dienone is 1. The van der Waals surface area contributed by atoms with Crippen LogP contribution in [0.1, 0.15) is 26.7 Å². The average Bonchev–Trinajstić information content (AvgIpc) is 2.32. The minimum atomic E-state index is -4.80. The van der Waals surface area contributed by atoms with Crippen LogP contribution >= 0.6 is 0 Å². The van der Waals surface area contributed by atoms with Crippen molar-refractivity contribution in [3.63, 3.8) is 0 Å². The number of hydrogen-bond acceptors (Lipinski definition) is 7. The average molecular weight is 296 g/mol. The molecule has 1 atom stereocenters. The Hall–Kier alpha value is -1.61. The van der Waals surface area contributed by atoms with Crippen molar-refractivity contribution in [2.45, 2.75) is 31.9 Å². The Kier molecular flexibility index (Phi) is 7.77. The molecule has 0 saturated heterocycles. The maximum Gasteiger partial charge on any atom is 0.376 e. The van der Waals surface area contributed by atoms with Crippen molar-refractivity contribution in [3.8, 4) is 0 Å². The zero-order valence-electron chi connectivity index (χ0n) is 10.6. The van der Waals surface area contributed by atoms with Crippen LogP contribution in [0.2, 0.25) is 0 Å². The molecule has 0 bridgehead atoms. The van der Waals surface area contributed by atoms with Crippen LogP contribution in [0.25, 0.3) is 0 Å². The van der Waals surface area contributed by atoms with Crippen molar-refractivity contribution in [2.24, 2.45) is 0 Å². The van der Waals surface area contributed by atoms with Crippen LogP contribution in [0.5, 0.6) is 0 Å². The molecule has 0 amide bonds. The summed E-state index contributed by atoms with van der Waals surface area (Å²) in [5.74, 6) is -2.35. The number of rotatable bonds is 8. The van der Waals surface area contributed by atoms with Crippen molar-refractivity contribution in [1.82, 2.24) is 0 Å². The summed E-state index contributed by atoms with van der Waals surface area (Å²) in [4.78, 5) is 30.9. The van der Waals surface area contributed by atoms with Crippen molar-refractivity contribution in [2.75, 3.05) is 6.61 Å². The van der Waals surface area contributed by atoms with Crippen LogP contribution in [-0.2, 0) is 34.2 Å². The standard InChI is InChI=1S/C10H16O8S/c1-3-5-16-9(11)7-8(19(13,14)15)10(12)18-17-6-4-2/h4,6,8H,3,5,7H2,1-2H3,(H,13,14,15). The van der Waals surface area contributed by atoms with Gasteiger partial charge in [0.15, 0.2) is 5.25 Å². The molecular weight excluding hydrogens is 280 g/mol. The summed E-state index contributed by atoms with van der Waals surface area (Å²) in [7, 11) is -4.80. The van der Waals surface area contributed by atoms with E-state index >= 15 is 0 Å². The first-order valence-corrected chi connectivity index (χ1v) is 6.93. The van der Waals surface area contributed by atoms with Gasteiger partial charge in [0.2, 0.25) is 0 Å². The predicted octanol–water partition coefficient (Wildman–Crippen LogP) is 0.595. The summed E-state index contributed by atoms with van der Waals surface area (Å²) < 4.78 is 35.5. The highest BCUT2D eigenvalue weighted by atomic mass is 32.2. The van der Waals surface area contributed by atoms with Gasteiger partial charge in [-0.05, 0) is 19.4 Å². The molecule has 0 spiro atoms. The molecular formula is C10H16O8S. The highest BCUT2D eigenvalue weighted by Crippen LogP contribution is 2.09. The zero-order chi connectivity index (χ0) is 14.9. The summed E-state index contributed by atoms with van der Waals surface area (Å²) in [6.07, 6.45) is 2.05. The van der Waals surface area contributed by atoms with Gasteiger partial charge in [0.05, 0.1) is 13.0 Å². The molecule has 8 nitrogen and oxygen atoms in total. The van der Waals surface area contributed by atoms with Crippen LogP contribution in [0, 0.1) is 0 Å². The van der Waals surface area contributed by atoms with E-state index in [4.69, 9.17) is 4.55 Å². The van der Waals surface area contributed by atoms with Gasteiger partial charge < -0.3 is 4.74 Å². The fourth-order valence-corrected chi connectivity index (χ4v) is 1.55. The van der Waals surface area contributed by atoms with Crippen LogP contribution in [-0.4, -0.2) is 36.8 Å². The lowest BCUT2D eigenvalue weighted by Gasteiger charge is -2.10. The van der Waals surface area contributed by atoms with Crippen molar-refractivity contribution < 1.29 is 37.1 Å². The fraction of sp³-hybridized carbons (Fsp3) is 0.600. The second kappa shape index (κ2) is 8.48. The quantitative estimate of drug-likeness (QED) is 0.227. The Bertz CT molecular complexity index is 425. The Balaban J connectivity index is 4.65. The van der Waals surface area contributed by atoms with E-state index < -0.39 is 33.7 Å². The van der Waals surface area contributed by atoms with E-state index in [9.17, 15) is 18.0 Å². The zero-order valence-corrected chi connectivity index (χ0v) is 11.4. The first-order chi connectivity index (χ1) is 8.82. The molecule has 1 N–H and O–H groups in total. The van der Waals surface area contributed by atoms with E-state index in [1.807, 2.05) is 0 Å². The second-order valence-electron chi connectivity index (χ2n) is 3.40. The summed E-state index contributed by atoms with van der Waals surface area (Å²) in [5, 5.41) is -2.08. The van der Waals surface area contributed by atoms with E-state index in [1.54, 1.807) is 13.8 Å². The molecule has 110 valence electrons. The van der Waals surface area contributed by atoms with Crippen molar-refractivity contribution >= 4 is 22.1 Å². The highest BCUT2D eigenvalue weighted by Gasteiger charge is 2.36. The van der Waals surface area contributed by atoms with Gasteiger partial charge in [0.1, 0.15) is 6.26 Å². The van der Waals surface area contributed by atoms with E-state index in [0.29, 0.717) is 6.42 Å². The fourth-order valence-electron chi connectivity index (χ4n) is 0.921. The lowest BCUT2D eigenvalue weighted by molar-refractivity contribution is -0.238. The van der Waals surface area contributed by atoms with Gasteiger partial charge in [0.25, 0.3) is 10.1 Å². The maximum absolute atomic E-state index is 11.3. The topological polar surface area (TPSA) is 116 Å². The second-order valence-corrected chi connectivity index (χ2v) is 5.00. The molecule has 0 saturated carbocycles. The Morgan fingerprint density at radius 1 is 1.37 bits per heavy atom. The van der Waals surface area contributed by atoms with E-state index in [0.717, 1.165) is 6.26 Å². The summed E-state index contributed by atoms with van der Waals surface area (Å²) in [6.45, 7) is 3.39. The van der Waals surface area contributed by atoms with Gasteiger partial charge in [-0.1, -0.05) is 6.92 Å². The molecule has 0 aromatic heterocycles. The van der Waals surface area contributed by atoms with Crippen molar-refractivity contribution in [3.05, 3.63) is 12.3 Å². The van der Waals surface area contributed by atoms with Gasteiger partial charge in [0, 0.05) is 0 Å². The third-order valence-electron chi connectivity index (χ3n) is 1.76. The molecule has 0 heterocycles. The van der Waals surface area contributed by atoms with Crippen LogP contribution in [0.3, 0.4) is 0 Å². The third kappa shape index (κ3) is 7.42. The first-order valence-electron chi connectivity index (χ1n) is 5.43. The third-order valence-corrected chi connectivity index (χ3v) is 2.84. The SMILES string of the molecule is CC=COOC(=O)C(CC(=O)OCCC)S(=O)(=O)O. The Morgan fingerprint density at radius 3 is 2.47 bits per heavy atom. The van der Waals surface area contributed by atoms with E-state index in [-0.39, 0.29) is 6.61 Å². The molecule has 0 aromatic carbocycles. The first kappa shape index (κ1) is 17.4. The molecule has 1 unspecified atom stereocenters.